The lowest BCUT2D eigenvalue weighted by Crippen LogP contribution is -2.17. The molecule has 0 fully saturated rings. The molecule has 26 heavy (non-hydrogen) atoms. The second-order valence-corrected chi connectivity index (χ2v) is 7.90. The Kier molecular flexibility index (Phi) is 8.84. The first-order chi connectivity index (χ1) is 12.3. The van der Waals surface area contributed by atoms with Crippen LogP contribution in [0.1, 0.15) is 90.2 Å². The lowest BCUT2D eigenvalue weighted by molar-refractivity contribution is -0.118. The third-order valence-electron chi connectivity index (χ3n) is 5.43. The van der Waals surface area contributed by atoms with Crippen LogP contribution in [0.3, 0.4) is 0 Å². The van der Waals surface area contributed by atoms with E-state index in [1.807, 2.05) is 12.1 Å². The van der Waals surface area contributed by atoms with Crippen molar-refractivity contribution in [2.24, 2.45) is 0 Å². The first kappa shape index (κ1) is 22.2. The Morgan fingerprint density at radius 3 is 2.42 bits per heavy atom. The molecule has 2 heteroatoms. The normalized spacial score (nSPS) is 14.8. The molecule has 0 heterocycles. The molecular weight excluding hydrogens is 320 g/mol. The van der Waals surface area contributed by atoms with Gasteiger partial charge in [0, 0.05) is 18.4 Å². The summed E-state index contributed by atoms with van der Waals surface area (Å²) in [6.07, 6.45) is 8.09. The van der Waals surface area contributed by atoms with Crippen molar-refractivity contribution in [1.82, 2.24) is 0 Å². The number of phenols is 1. The minimum absolute atomic E-state index is 0.0650. The van der Waals surface area contributed by atoms with E-state index in [1.54, 1.807) is 0 Å². The summed E-state index contributed by atoms with van der Waals surface area (Å²) in [4.78, 5) is 11.8. The molecule has 0 aliphatic heterocycles. The number of hydrogen-bond donors (Lipinski definition) is 1. The average Bonchev–Trinajstić information content (AvgIpc) is 2.62. The summed E-state index contributed by atoms with van der Waals surface area (Å²) in [5.74, 6) is 0.591. The Morgan fingerprint density at radius 2 is 1.81 bits per heavy atom. The standard InChI is InChI=1S/C22H32O2.C2H4/c1-5-6-7-8-13-22(3,4)17-10-12-19(21(24)14-17)20-15-18(23)11-9-16(20)2;1-2/h10,12,14,24H,5-9,11,13,15H2,1-4H3;1-2H2. The van der Waals surface area contributed by atoms with E-state index in [1.165, 1.54) is 36.8 Å². The molecule has 2 rings (SSSR count). The van der Waals surface area contributed by atoms with Gasteiger partial charge in [-0.2, -0.15) is 0 Å². The van der Waals surface area contributed by atoms with Crippen molar-refractivity contribution in [3.8, 4) is 5.75 Å². The summed E-state index contributed by atoms with van der Waals surface area (Å²) < 4.78 is 0. The van der Waals surface area contributed by atoms with Crippen LogP contribution in [0.4, 0.5) is 0 Å². The molecule has 0 radical (unpaired) electrons. The fourth-order valence-corrected chi connectivity index (χ4v) is 3.59. The number of unbranched alkanes of at least 4 members (excludes halogenated alkanes) is 3. The minimum atomic E-state index is 0.0650. The number of rotatable bonds is 7. The molecule has 0 atom stereocenters. The molecule has 0 saturated heterocycles. The van der Waals surface area contributed by atoms with E-state index in [2.05, 4.69) is 46.9 Å². The number of phenolic OH excluding ortho intramolecular Hbond substituents is 1. The highest BCUT2D eigenvalue weighted by Crippen LogP contribution is 2.38. The highest BCUT2D eigenvalue weighted by atomic mass is 16.3. The van der Waals surface area contributed by atoms with E-state index in [4.69, 9.17) is 0 Å². The highest BCUT2D eigenvalue weighted by Gasteiger charge is 2.23. The van der Waals surface area contributed by atoms with Gasteiger partial charge < -0.3 is 5.11 Å². The van der Waals surface area contributed by atoms with Gasteiger partial charge >= 0.3 is 0 Å². The zero-order valence-electron chi connectivity index (χ0n) is 17.2. The van der Waals surface area contributed by atoms with Crippen LogP contribution in [0, 0.1) is 0 Å². The third kappa shape index (κ3) is 5.86. The number of Topliss-reactive ketones (excluding diaryl/α,β-unsaturated/α-hetero) is 1. The molecule has 1 N–H and O–H groups in total. The van der Waals surface area contributed by atoms with Crippen LogP contribution in [0.5, 0.6) is 5.75 Å². The maximum atomic E-state index is 11.8. The predicted molar refractivity (Wildman–Crippen MR) is 113 cm³/mol. The van der Waals surface area contributed by atoms with Gasteiger partial charge in [0.25, 0.3) is 0 Å². The van der Waals surface area contributed by atoms with Gasteiger partial charge in [0.15, 0.2) is 0 Å². The number of allylic oxidation sites excluding steroid dienone is 2. The van der Waals surface area contributed by atoms with Crippen LogP contribution >= 0.6 is 0 Å². The van der Waals surface area contributed by atoms with Crippen LogP contribution in [0.2, 0.25) is 0 Å². The Balaban J connectivity index is 0.00000163. The Labute approximate surface area is 160 Å². The molecule has 0 spiro atoms. The maximum Gasteiger partial charge on any atom is 0.137 e. The summed E-state index contributed by atoms with van der Waals surface area (Å²) in [6, 6.07) is 6.05. The fraction of sp³-hybridized carbons (Fsp3) is 0.542. The average molecular weight is 357 g/mol. The van der Waals surface area contributed by atoms with Gasteiger partial charge in [-0.25, -0.2) is 0 Å². The molecule has 0 amide bonds. The first-order valence-corrected chi connectivity index (χ1v) is 9.89. The largest absolute Gasteiger partial charge is 0.507 e. The molecule has 1 aliphatic rings. The molecule has 0 unspecified atom stereocenters. The van der Waals surface area contributed by atoms with Gasteiger partial charge in [-0.05, 0) is 42.4 Å². The summed E-state index contributed by atoms with van der Waals surface area (Å²) in [6.45, 7) is 14.8. The monoisotopic (exact) mass is 356 g/mol. The number of hydrogen-bond acceptors (Lipinski definition) is 2. The molecule has 1 aromatic rings. The molecule has 2 nitrogen and oxygen atoms in total. The minimum Gasteiger partial charge on any atom is -0.507 e. The number of ketones is 1. The van der Waals surface area contributed by atoms with Crippen molar-refractivity contribution in [1.29, 1.82) is 0 Å². The summed E-state index contributed by atoms with van der Waals surface area (Å²) in [7, 11) is 0. The molecule has 0 aromatic heterocycles. The van der Waals surface area contributed by atoms with E-state index < -0.39 is 0 Å². The topological polar surface area (TPSA) is 37.3 Å². The number of carbonyl (C=O) groups is 1. The Hall–Kier alpha value is -1.83. The first-order valence-electron chi connectivity index (χ1n) is 9.89. The van der Waals surface area contributed by atoms with Gasteiger partial charge in [-0.1, -0.05) is 64.2 Å². The second-order valence-electron chi connectivity index (χ2n) is 7.90. The third-order valence-corrected chi connectivity index (χ3v) is 5.43. The van der Waals surface area contributed by atoms with Crippen LogP contribution in [-0.2, 0) is 10.2 Å². The molecule has 1 aliphatic carbocycles. The van der Waals surface area contributed by atoms with E-state index in [0.29, 0.717) is 18.6 Å². The zero-order valence-corrected chi connectivity index (χ0v) is 17.2. The lowest BCUT2D eigenvalue weighted by Gasteiger charge is -2.27. The molecule has 144 valence electrons. The SMILES string of the molecule is C=C.CCCCCCC(C)(C)c1ccc(C2=C(C)CCC(=O)C2)c(O)c1. The van der Waals surface area contributed by atoms with Gasteiger partial charge in [0.1, 0.15) is 11.5 Å². The van der Waals surface area contributed by atoms with Gasteiger partial charge in [-0.15, -0.1) is 13.2 Å². The summed E-state index contributed by atoms with van der Waals surface area (Å²) >= 11 is 0. The number of aromatic hydroxyl groups is 1. The quantitative estimate of drug-likeness (QED) is 0.423. The van der Waals surface area contributed by atoms with E-state index in [9.17, 15) is 9.90 Å². The highest BCUT2D eigenvalue weighted by molar-refractivity contribution is 5.94. The lowest BCUT2D eigenvalue weighted by atomic mass is 9.78. The summed E-state index contributed by atoms with van der Waals surface area (Å²) in [5.41, 5.74) is 4.34. The van der Waals surface area contributed by atoms with Crippen molar-refractivity contribution in [3.63, 3.8) is 0 Å². The van der Waals surface area contributed by atoms with E-state index in [-0.39, 0.29) is 11.2 Å². The number of carbonyl (C=O) groups excluding carboxylic acids is 1. The van der Waals surface area contributed by atoms with E-state index in [0.717, 1.165) is 24.0 Å². The van der Waals surface area contributed by atoms with Crippen molar-refractivity contribution < 1.29 is 9.90 Å². The van der Waals surface area contributed by atoms with Crippen molar-refractivity contribution in [2.45, 2.75) is 84.5 Å². The number of benzene rings is 1. The Bertz CT molecular complexity index is 638. The van der Waals surface area contributed by atoms with Gasteiger partial charge in [0.05, 0.1) is 0 Å². The molecule has 0 bridgehead atoms. The summed E-state index contributed by atoms with van der Waals surface area (Å²) in [5, 5.41) is 10.6. The molecule has 0 saturated carbocycles. The maximum absolute atomic E-state index is 11.8. The zero-order chi connectivity index (χ0) is 19.7. The van der Waals surface area contributed by atoms with Crippen molar-refractivity contribution >= 4 is 11.4 Å². The van der Waals surface area contributed by atoms with Crippen molar-refractivity contribution in [3.05, 3.63) is 48.1 Å². The van der Waals surface area contributed by atoms with Gasteiger partial charge in [-0.3, -0.25) is 4.79 Å². The van der Waals surface area contributed by atoms with Crippen molar-refractivity contribution in [2.75, 3.05) is 0 Å². The van der Waals surface area contributed by atoms with Crippen LogP contribution in [0.25, 0.3) is 5.57 Å². The molecule has 1 aromatic carbocycles. The van der Waals surface area contributed by atoms with Gasteiger partial charge in [0.2, 0.25) is 0 Å². The van der Waals surface area contributed by atoms with E-state index >= 15 is 0 Å². The van der Waals surface area contributed by atoms with Crippen LogP contribution in [0.15, 0.2) is 36.9 Å². The molecular formula is C24H36O2. The van der Waals surface area contributed by atoms with Crippen LogP contribution in [-0.4, -0.2) is 10.9 Å². The Morgan fingerprint density at radius 1 is 1.12 bits per heavy atom. The predicted octanol–water partition coefficient (Wildman–Crippen LogP) is 6.97. The van der Waals surface area contributed by atoms with Crippen LogP contribution < -0.4 is 0 Å². The fourth-order valence-electron chi connectivity index (χ4n) is 3.59. The second kappa shape index (κ2) is 10.4. The smallest absolute Gasteiger partial charge is 0.137 e.